The molecule has 0 aromatic heterocycles. The predicted octanol–water partition coefficient (Wildman–Crippen LogP) is 6.42. The molecule has 0 radical (unpaired) electrons. The third kappa shape index (κ3) is 15.6. The first kappa shape index (κ1) is 37.2. The summed E-state index contributed by atoms with van der Waals surface area (Å²) in [4.78, 5) is 22.0. The van der Waals surface area contributed by atoms with Crippen molar-refractivity contribution in [3.63, 3.8) is 0 Å². The molecular weight excluding hydrogens is 520 g/mol. The van der Waals surface area contributed by atoms with Gasteiger partial charge in [0.05, 0.1) is 5.97 Å². The van der Waals surface area contributed by atoms with E-state index < -0.39 is 17.7 Å². The first-order chi connectivity index (χ1) is 18.3. The Hall–Kier alpha value is -1.76. The number of carbonyl (C=O) groups is 2. The van der Waals surface area contributed by atoms with Crippen LogP contribution in [-0.2, 0) is 12.8 Å². The van der Waals surface area contributed by atoms with E-state index in [-0.39, 0.29) is 54.6 Å². The molecule has 2 rings (SSSR count). The van der Waals surface area contributed by atoms with Gasteiger partial charge in [0.2, 0.25) is 0 Å². The fourth-order valence-corrected chi connectivity index (χ4v) is 4.60. The molecule has 0 saturated carbocycles. The molecule has 212 valence electrons. The molecule has 6 nitrogen and oxygen atoms in total. The van der Waals surface area contributed by atoms with Crippen molar-refractivity contribution in [3.8, 4) is 11.5 Å². The van der Waals surface area contributed by atoms with E-state index >= 15 is 0 Å². The molecule has 2 aromatic rings. The number of carboxylic acid groups (broad SMARTS) is 2. The van der Waals surface area contributed by atoms with Gasteiger partial charge < -0.3 is 25.2 Å². The van der Waals surface area contributed by atoms with E-state index in [0.717, 1.165) is 37.7 Å². The Morgan fingerprint density at radius 1 is 0.667 bits per heavy atom. The molecule has 2 N–H and O–H groups in total. The molecule has 0 saturated heterocycles. The van der Waals surface area contributed by atoms with Gasteiger partial charge in [0.1, 0.15) is 11.3 Å². The largest absolute Gasteiger partial charge is 2.00 e. The first-order valence-electron chi connectivity index (χ1n) is 14.4. The molecule has 0 amide bonds. The van der Waals surface area contributed by atoms with E-state index in [1.54, 1.807) is 24.3 Å². The Bertz CT molecular complexity index is 882. The average molecular weight is 567 g/mol. The van der Waals surface area contributed by atoms with Gasteiger partial charge in [0, 0.05) is 0 Å². The Kier molecular flexibility index (Phi) is 22.0. The number of aromatic carboxylic acids is 2. The Labute approximate surface area is 264 Å². The molecule has 0 fully saturated rings. The summed E-state index contributed by atoms with van der Waals surface area (Å²) < 4.78 is 0. The zero-order valence-electron chi connectivity index (χ0n) is 24.0. The number of carbonyl (C=O) groups excluding carboxylic acids is 1. The molecule has 0 bridgehead atoms. The van der Waals surface area contributed by atoms with Gasteiger partial charge >= 0.3 is 43.7 Å². The van der Waals surface area contributed by atoms with Gasteiger partial charge in [-0.1, -0.05) is 127 Å². The van der Waals surface area contributed by atoms with E-state index in [0.29, 0.717) is 12.0 Å². The van der Waals surface area contributed by atoms with Crippen LogP contribution in [0.3, 0.4) is 0 Å². The van der Waals surface area contributed by atoms with Gasteiger partial charge in [-0.25, -0.2) is 4.79 Å². The number of phenols is 1. The van der Waals surface area contributed by atoms with Crippen molar-refractivity contribution in [3.05, 3.63) is 58.7 Å². The molecule has 0 spiro atoms. The molecule has 0 unspecified atom stereocenters. The topological polar surface area (TPSA) is 121 Å². The number of aryl methyl sites for hydroxylation is 2. The Morgan fingerprint density at radius 2 is 1.08 bits per heavy atom. The second-order valence-electron chi connectivity index (χ2n) is 9.94. The number of aromatic hydroxyl groups is 1. The standard InChI is InChI=1S/2C16H24O3.Ca/c2*1-2-3-4-5-6-7-8-10-13-11-9-12-14(17)15(13)16(18)19;/h2*9,11-12,17H,2-8,10H2,1H3,(H,18,19);/q;;+2/p-2. The van der Waals surface area contributed by atoms with E-state index in [4.69, 9.17) is 5.11 Å². The van der Waals surface area contributed by atoms with Crippen LogP contribution in [0.15, 0.2) is 36.4 Å². The van der Waals surface area contributed by atoms with Crippen molar-refractivity contribution in [2.45, 2.75) is 117 Å². The van der Waals surface area contributed by atoms with Gasteiger partial charge in [-0.3, -0.25) is 0 Å². The summed E-state index contributed by atoms with van der Waals surface area (Å²) in [6, 6.07) is 9.53. The first-order valence-corrected chi connectivity index (χ1v) is 14.4. The van der Waals surface area contributed by atoms with Crippen molar-refractivity contribution in [1.82, 2.24) is 0 Å². The summed E-state index contributed by atoms with van der Waals surface area (Å²) in [5, 5.41) is 41.1. The molecule has 0 aliphatic carbocycles. The molecule has 0 atom stereocenters. The number of carboxylic acids is 2. The van der Waals surface area contributed by atoms with Crippen molar-refractivity contribution in [2.75, 3.05) is 0 Å². The van der Waals surface area contributed by atoms with Crippen molar-refractivity contribution in [2.24, 2.45) is 0 Å². The second kappa shape index (κ2) is 23.0. The molecule has 7 heteroatoms. The third-order valence-electron chi connectivity index (χ3n) is 6.76. The summed E-state index contributed by atoms with van der Waals surface area (Å²) >= 11 is 0. The number of unbranched alkanes of at least 4 members (excludes halogenated alkanes) is 12. The third-order valence-corrected chi connectivity index (χ3v) is 6.76. The Morgan fingerprint density at radius 3 is 1.51 bits per heavy atom. The molecule has 39 heavy (non-hydrogen) atoms. The number of rotatable bonds is 18. The van der Waals surface area contributed by atoms with Gasteiger partial charge in [0.15, 0.2) is 0 Å². The van der Waals surface area contributed by atoms with Crippen molar-refractivity contribution >= 4 is 49.7 Å². The van der Waals surface area contributed by atoms with Gasteiger partial charge in [-0.15, -0.1) is 0 Å². The maximum atomic E-state index is 11.5. The van der Waals surface area contributed by atoms with Crippen LogP contribution in [0.25, 0.3) is 0 Å². The van der Waals surface area contributed by atoms with E-state index in [1.807, 2.05) is 0 Å². The van der Waals surface area contributed by atoms with Crippen LogP contribution in [0, 0.1) is 0 Å². The van der Waals surface area contributed by atoms with Gasteiger partial charge in [-0.05, 0) is 48.4 Å². The fourth-order valence-electron chi connectivity index (χ4n) is 4.60. The minimum atomic E-state index is -1.36. The smallest absolute Gasteiger partial charge is 0.872 e. The maximum Gasteiger partial charge on any atom is 2.00 e. The van der Waals surface area contributed by atoms with E-state index in [9.17, 15) is 24.9 Å². The number of hydrogen-bond acceptors (Lipinski definition) is 5. The van der Waals surface area contributed by atoms with Crippen LogP contribution >= 0.6 is 0 Å². The van der Waals surface area contributed by atoms with E-state index in [2.05, 4.69) is 13.8 Å². The summed E-state index contributed by atoms with van der Waals surface area (Å²) in [7, 11) is 0. The SMILES string of the molecule is CCCCCCCCCc1cccc(O)c1C(=O)O.CCCCCCCCCc1cccc([O-])c1C(=O)[O-].[Ca+2]. The molecular formula is C32H46CaO6. The summed E-state index contributed by atoms with van der Waals surface area (Å²) in [5.74, 6) is -2.98. The van der Waals surface area contributed by atoms with Crippen LogP contribution in [0.5, 0.6) is 11.5 Å². The van der Waals surface area contributed by atoms with Crippen LogP contribution in [0.1, 0.15) is 136 Å². The van der Waals surface area contributed by atoms with Gasteiger partial charge in [0.25, 0.3) is 0 Å². The zero-order chi connectivity index (χ0) is 28.2. The van der Waals surface area contributed by atoms with Crippen LogP contribution < -0.4 is 10.2 Å². The second-order valence-corrected chi connectivity index (χ2v) is 9.94. The maximum absolute atomic E-state index is 11.5. The zero-order valence-corrected chi connectivity index (χ0v) is 26.2. The van der Waals surface area contributed by atoms with Crippen molar-refractivity contribution in [1.29, 1.82) is 0 Å². The van der Waals surface area contributed by atoms with Crippen LogP contribution in [0.2, 0.25) is 0 Å². The normalized spacial score (nSPS) is 10.3. The molecule has 0 heterocycles. The minimum absolute atomic E-state index is 0. The van der Waals surface area contributed by atoms with Gasteiger partial charge in [-0.2, -0.15) is 0 Å². The number of benzene rings is 2. The minimum Gasteiger partial charge on any atom is -0.872 e. The predicted molar refractivity (Wildman–Crippen MR) is 154 cm³/mol. The summed E-state index contributed by atoms with van der Waals surface area (Å²) in [5.41, 5.74) is 1.25. The monoisotopic (exact) mass is 566 g/mol. The Balaban J connectivity index is 0.000000722. The number of hydrogen-bond donors (Lipinski definition) is 2. The van der Waals surface area contributed by atoms with E-state index in [1.165, 1.54) is 76.3 Å². The molecule has 2 aromatic carbocycles. The average Bonchev–Trinajstić information content (AvgIpc) is 2.87. The van der Waals surface area contributed by atoms with Crippen LogP contribution in [0.4, 0.5) is 0 Å². The summed E-state index contributed by atoms with van der Waals surface area (Å²) in [6.07, 6.45) is 18.0. The molecule has 0 aliphatic rings. The van der Waals surface area contributed by atoms with Crippen molar-refractivity contribution < 1.29 is 30.0 Å². The fraction of sp³-hybridized carbons (Fsp3) is 0.562. The quantitative estimate of drug-likeness (QED) is 0.159. The van der Waals surface area contributed by atoms with Crippen LogP contribution in [-0.4, -0.2) is 59.9 Å². The summed E-state index contributed by atoms with van der Waals surface area (Å²) in [6.45, 7) is 4.40. The molecule has 0 aliphatic heterocycles.